The standard InChI is InChI=1S/C22H43N3O10Si/c1-6-29-13-15-31-18-24-20(26)23(12-11-17-36(33-8-3,34-9-4)35-10-5)21(27)25(22(24)28)19-32-16-14-30-7-2/h6-19H2,1-5H3. The van der Waals surface area contributed by atoms with Crippen LogP contribution in [0, 0.1) is 0 Å². The molecule has 1 rings (SSSR count). The van der Waals surface area contributed by atoms with Gasteiger partial charge in [-0.15, -0.1) is 0 Å². The number of nitrogens with zero attached hydrogens (tertiary/aromatic N) is 3. The first-order valence-electron chi connectivity index (χ1n) is 12.6. The molecule has 0 spiro atoms. The van der Waals surface area contributed by atoms with Crippen molar-refractivity contribution in [1.82, 2.24) is 13.7 Å². The van der Waals surface area contributed by atoms with Crippen molar-refractivity contribution >= 4 is 8.80 Å². The zero-order chi connectivity index (χ0) is 26.8. The molecule has 0 radical (unpaired) electrons. The third-order valence-corrected chi connectivity index (χ3v) is 8.09. The summed E-state index contributed by atoms with van der Waals surface area (Å²) >= 11 is 0. The lowest BCUT2D eigenvalue weighted by Crippen LogP contribution is -2.55. The Hall–Kier alpha value is -1.65. The van der Waals surface area contributed by atoms with Gasteiger partial charge in [-0.2, -0.15) is 0 Å². The second kappa shape index (κ2) is 18.6. The molecule has 0 bridgehead atoms. The van der Waals surface area contributed by atoms with E-state index in [9.17, 15) is 14.4 Å². The minimum Gasteiger partial charge on any atom is -0.379 e. The average Bonchev–Trinajstić information content (AvgIpc) is 2.85. The predicted molar refractivity (Wildman–Crippen MR) is 134 cm³/mol. The zero-order valence-electron chi connectivity index (χ0n) is 22.3. The molecular weight excluding hydrogens is 494 g/mol. The fourth-order valence-corrected chi connectivity index (χ4v) is 5.98. The van der Waals surface area contributed by atoms with E-state index >= 15 is 0 Å². The van der Waals surface area contributed by atoms with Crippen molar-refractivity contribution in [3.63, 3.8) is 0 Å². The Kier molecular flexibility index (Phi) is 16.7. The lowest BCUT2D eigenvalue weighted by atomic mass is 10.5. The highest BCUT2D eigenvalue weighted by atomic mass is 28.4. The third-order valence-electron chi connectivity index (χ3n) is 4.94. The molecule has 0 unspecified atom stereocenters. The highest BCUT2D eigenvalue weighted by molar-refractivity contribution is 6.60. The van der Waals surface area contributed by atoms with Gasteiger partial charge in [0.1, 0.15) is 13.5 Å². The van der Waals surface area contributed by atoms with Crippen LogP contribution in [-0.4, -0.2) is 82.0 Å². The molecule has 0 saturated carbocycles. The number of hydrogen-bond donors (Lipinski definition) is 0. The molecule has 0 aliphatic carbocycles. The fraction of sp³-hybridized carbons (Fsp3) is 0.864. The highest BCUT2D eigenvalue weighted by Crippen LogP contribution is 2.18. The monoisotopic (exact) mass is 537 g/mol. The van der Waals surface area contributed by atoms with Gasteiger partial charge in [0.15, 0.2) is 0 Å². The van der Waals surface area contributed by atoms with Crippen LogP contribution in [0.5, 0.6) is 0 Å². The molecule has 36 heavy (non-hydrogen) atoms. The van der Waals surface area contributed by atoms with E-state index in [1.54, 1.807) is 0 Å². The van der Waals surface area contributed by atoms with Gasteiger partial charge >= 0.3 is 25.9 Å². The van der Waals surface area contributed by atoms with Crippen LogP contribution in [0.15, 0.2) is 14.4 Å². The quantitative estimate of drug-likeness (QED) is 0.153. The van der Waals surface area contributed by atoms with Crippen LogP contribution in [0.3, 0.4) is 0 Å². The van der Waals surface area contributed by atoms with Crippen molar-refractivity contribution in [1.29, 1.82) is 0 Å². The van der Waals surface area contributed by atoms with Gasteiger partial charge in [0.2, 0.25) is 0 Å². The molecule has 210 valence electrons. The SMILES string of the molecule is CCOCCOCn1c(=O)n(CCC[Si](OCC)(OCC)OCC)c(=O)n(COCCOCC)c1=O. The molecule has 1 aromatic rings. The molecule has 13 nitrogen and oxygen atoms in total. The largest absolute Gasteiger partial charge is 0.500 e. The minimum absolute atomic E-state index is 0.0395. The van der Waals surface area contributed by atoms with Gasteiger partial charge in [-0.25, -0.2) is 28.1 Å². The van der Waals surface area contributed by atoms with Crippen LogP contribution in [0.1, 0.15) is 41.0 Å². The van der Waals surface area contributed by atoms with Crippen LogP contribution < -0.4 is 17.1 Å². The summed E-state index contributed by atoms with van der Waals surface area (Å²) in [6.45, 7) is 12.0. The molecule has 0 atom stereocenters. The van der Waals surface area contributed by atoms with Gasteiger partial charge in [-0.3, -0.25) is 0 Å². The Labute approximate surface area is 213 Å². The lowest BCUT2D eigenvalue weighted by molar-refractivity contribution is 0.00676. The van der Waals surface area contributed by atoms with Gasteiger partial charge in [0.25, 0.3) is 0 Å². The highest BCUT2D eigenvalue weighted by Gasteiger charge is 2.39. The molecule has 0 amide bonds. The van der Waals surface area contributed by atoms with E-state index < -0.39 is 25.9 Å². The summed E-state index contributed by atoms with van der Waals surface area (Å²) in [7, 11) is -2.96. The van der Waals surface area contributed by atoms with E-state index in [0.717, 1.165) is 13.7 Å². The second-order valence-corrected chi connectivity index (χ2v) is 10.1. The third kappa shape index (κ3) is 10.4. The van der Waals surface area contributed by atoms with Crippen LogP contribution in [-0.2, 0) is 52.2 Å². The number of hydrogen-bond acceptors (Lipinski definition) is 10. The Morgan fingerprint density at radius 2 is 0.944 bits per heavy atom. The molecule has 1 heterocycles. The Balaban J connectivity index is 3.16. The number of aromatic nitrogens is 3. The summed E-state index contributed by atoms with van der Waals surface area (Å²) < 4.78 is 41.6. The summed E-state index contributed by atoms with van der Waals surface area (Å²) in [6, 6.07) is 0.406. The Bertz CT molecular complexity index is 832. The maximum Gasteiger partial charge on any atom is 0.500 e. The molecular formula is C22H43N3O10Si. The summed E-state index contributed by atoms with van der Waals surface area (Å²) in [6.07, 6.45) is 0.371. The number of rotatable bonds is 22. The van der Waals surface area contributed by atoms with E-state index in [-0.39, 0.29) is 33.2 Å². The molecule has 1 aromatic heterocycles. The molecule has 0 aliphatic rings. The van der Waals surface area contributed by atoms with Crippen LogP contribution in [0.4, 0.5) is 0 Å². The summed E-state index contributed by atoms with van der Waals surface area (Å²) in [5, 5.41) is 0. The molecule has 0 fully saturated rings. The van der Waals surface area contributed by atoms with Crippen LogP contribution in [0.2, 0.25) is 6.04 Å². The van der Waals surface area contributed by atoms with Crippen molar-refractivity contribution in [3.8, 4) is 0 Å². The van der Waals surface area contributed by atoms with E-state index in [0.29, 0.717) is 58.7 Å². The van der Waals surface area contributed by atoms with Gasteiger partial charge in [0.05, 0.1) is 26.4 Å². The minimum atomic E-state index is -2.96. The molecule has 0 N–H and O–H groups in total. The van der Waals surface area contributed by atoms with Gasteiger partial charge in [-0.1, -0.05) is 0 Å². The lowest BCUT2D eigenvalue weighted by Gasteiger charge is -2.28. The van der Waals surface area contributed by atoms with Crippen molar-refractivity contribution in [2.24, 2.45) is 0 Å². The van der Waals surface area contributed by atoms with E-state index in [2.05, 4.69) is 0 Å². The van der Waals surface area contributed by atoms with E-state index in [4.69, 9.17) is 32.2 Å². The smallest absolute Gasteiger partial charge is 0.379 e. The van der Waals surface area contributed by atoms with E-state index in [1.165, 1.54) is 0 Å². The molecule has 14 heteroatoms. The first-order chi connectivity index (χ1) is 17.4. The van der Waals surface area contributed by atoms with Crippen molar-refractivity contribution < 1.29 is 32.2 Å². The topological polar surface area (TPSA) is 131 Å². The van der Waals surface area contributed by atoms with Crippen LogP contribution in [0.25, 0.3) is 0 Å². The van der Waals surface area contributed by atoms with Crippen molar-refractivity contribution in [2.75, 3.05) is 59.5 Å². The van der Waals surface area contributed by atoms with E-state index in [1.807, 2.05) is 34.6 Å². The van der Waals surface area contributed by atoms with Crippen molar-refractivity contribution in [3.05, 3.63) is 31.5 Å². The summed E-state index contributed by atoms with van der Waals surface area (Å²) in [4.78, 5) is 39.1. The second-order valence-electron chi connectivity index (χ2n) is 7.41. The van der Waals surface area contributed by atoms with Gasteiger partial charge < -0.3 is 32.2 Å². The first kappa shape index (κ1) is 32.4. The average molecular weight is 538 g/mol. The van der Waals surface area contributed by atoms with Gasteiger partial charge in [-0.05, 0) is 41.0 Å². The molecule has 0 saturated heterocycles. The Morgan fingerprint density at radius 3 is 1.33 bits per heavy atom. The van der Waals surface area contributed by atoms with Crippen LogP contribution >= 0.6 is 0 Å². The summed E-state index contributed by atoms with van der Waals surface area (Å²) in [5.41, 5.74) is -2.33. The number of ether oxygens (including phenoxy) is 4. The zero-order valence-corrected chi connectivity index (χ0v) is 23.3. The first-order valence-corrected chi connectivity index (χ1v) is 14.5. The summed E-state index contributed by atoms with van der Waals surface area (Å²) in [5.74, 6) is 0. The molecule has 0 aliphatic heterocycles. The maximum atomic E-state index is 13.1. The predicted octanol–water partition coefficient (Wildman–Crippen LogP) is 0.631. The van der Waals surface area contributed by atoms with Gasteiger partial charge in [0, 0.05) is 45.6 Å². The fourth-order valence-electron chi connectivity index (χ4n) is 3.39. The maximum absolute atomic E-state index is 13.1. The molecule has 0 aromatic carbocycles. The normalized spacial score (nSPS) is 11.9. The Morgan fingerprint density at radius 1 is 0.556 bits per heavy atom. The van der Waals surface area contributed by atoms with Crippen molar-refractivity contribution in [2.45, 2.75) is 67.1 Å².